The quantitative estimate of drug-likeness (QED) is 0.853. The fourth-order valence-electron chi connectivity index (χ4n) is 3.82. The Labute approximate surface area is 145 Å². The van der Waals surface area contributed by atoms with Crippen LogP contribution in [-0.4, -0.2) is 48.3 Å². The zero-order chi connectivity index (χ0) is 16.4. The molecule has 2 fully saturated rings. The molecule has 24 heavy (non-hydrogen) atoms. The van der Waals surface area contributed by atoms with E-state index in [4.69, 9.17) is 4.74 Å². The molecule has 4 nitrogen and oxygen atoms in total. The number of thiophene rings is 1. The largest absolute Gasteiger partial charge is 0.370 e. The lowest BCUT2D eigenvalue weighted by Gasteiger charge is -2.48. The van der Waals surface area contributed by atoms with Crippen LogP contribution in [0.25, 0.3) is 0 Å². The minimum atomic E-state index is -0.249. The SMILES string of the molecule is Fc1cccnc1N1CCC[C@@]2(CN(Cc3cccs3)CCO2)C1. The average molecular weight is 347 g/mol. The number of piperidine rings is 1. The molecule has 2 saturated heterocycles. The van der Waals surface area contributed by atoms with E-state index in [1.807, 2.05) is 4.90 Å². The number of hydrogen-bond donors (Lipinski definition) is 0. The van der Waals surface area contributed by atoms with E-state index < -0.39 is 0 Å². The number of pyridine rings is 1. The summed E-state index contributed by atoms with van der Waals surface area (Å²) in [6.07, 6.45) is 3.69. The van der Waals surface area contributed by atoms with E-state index in [-0.39, 0.29) is 11.4 Å². The Morgan fingerprint density at radius 2 is 2.21 bits per heavy atom. The summed E-state index contributed by atoms with van der Waals surface area (Å²) in [4.78, 5) is 10.1. The molecule has 2 aromatic rings. The zero-order valence-corrected chi connectivity index (χ0v) is 14.5. The van der Waals surface area contributed by atoms with Crippen molar-refractivity contribution in [2.45, 2.75) is 25.0 Å². The number of aromatic nitrogens is 1. The second-order valence-electron chi connectivity index (χ2n) is 6.66. The van der Waals surface area contributed by atoms with E-state index in [0.717, 1.165) is 45.6 Å². The number of rotatable bonds is 3. The Morgan fingerprint density at radius 1 is 1.25 bits per heavy atom. The van der Waals surface area contributed by atoms with Gasteiger partial charge in [0, 0.05) is 43.8 Å². The third-order valence-electron chi connectivity index (χ3n) is 4.87. The van der Waals surface area contributed by atoms with Crippen molar-refractivity contribution in [2.75, 3.05) is 37.7 Å². The number of nitrogens with zero attached hydrogens (tertiary/aromatic N) is 3. The van der Waals surface area contributed by atoms with Gasteiger partial charge < -0.3 is 9.64 Å². The highest BCUT2D eigenvalue weighted by molar-refractivity contribution is 7.09. The Kier molecular flexibility index (Phi) is 4.52. The summed E-state index contributed by atoms with van der Waals surface area (Å²) in [6.45, 7) is 5.12. The molecule has 6 heteroatoms. The van der Waals surface area contributed by atoms with Crippen molar-refractivity contribution in [3.63, 3.8) is 0 Å². The molecular weight excluding hydrogens is 325 g/mol. The molecule has 2 aromatic heterocycles. The minimum Gasteiger partial charge on any atom is -0.370 e. The molecule has 128 valence electrons. The van der Waals surface area contributed by atoms with Crippen molar-refractivity contribution in [1.29, 1.82) is 0 Å². The second kappa shape index (κ2) is 6.78. The Morgan fingerprint density at radius 3 is 3.04 bits per heavy atom. The highest BCUT2D eigenvalue weighted by atomic mass is 32.1. The first-order chi connectivity index (χ1) is 11.7. The van der Waals surface area contributed by atoms with E-state index in [1.165, 1.54) is 10.9 Å². The zero-order valence-electron chi connectivity index (χ0n) is 13.7. The molecule has 0 saturated carbocycles. The molecule has 2 aliphatic rings. The summed E-state index contributed by atoms with van der Waals surface area (Å²) in [5.41, 5.74) is -0.211. The van der Waals surface area contributed by atoms with Crippen LogP contribution < -0.4 is 4.90 Å². The average Bonchev–Trinajstić information content (AvgIpc) is 3.08. The normalized spacial score (nSPS) is 25.3. The molecule has 1 spiro atoms. The first kappa shape index (κ1) is 16.0. The van der Waals surface area contributed by atoms with E-state index in [9.17, 15) is 4.39 Å². The van der Waals surface area contributed by atoms with Gasteiger partial charge in [-0.15, -0.1) is 11.3 Å². The fourth-order valence-corrected chi connectivity index (χ4v) is 4.56. The van der Waals surface area contributed by atoms with Crippen molar-refractivity contribution in [3.8, 4) is 0 Å². The topological polar surface area (TPSA) is 28.6 Å². The molecule has 2 aliphatic heterocycles. The van der Waals surface area contributed by atoms with Crippen LogP contribution in [0.3, 0.4) is 0 Å². The fraction of sp³-hybridized carbons (Fsp3) is 0.500. The lowest BCUT2D eigenvalue weighted by atomic mass is 9.90. The summed E-state index contributed by atoms with van der Waals surface area (Å²) in [5.74, 6) is 0.205. The van der Waals surface area contributed by atoms with Crippen LogP contribution in [0.15, 0.2) is 35.8 Å². The summed E-state index contributed by atoms with van der Waals surface area (Å²) in [5, 5.41) is 2.12. The van der Waals surface area contributed by atoms with Gasteiger partial charge in [0.1, 0.15) is 0 Å². The lowest BCUT2D eigenvalue weighted by molar-refractivity contribution is -0.116. The van der Waals surface area contributed by atoms with Crippen LogP contribution in [0, 0.1) is 5.82 Å². The van der Waals surface area contributed by atoms with Crippen LogP contribution in [0.5, 0.6) is 0 Å². The number of anilines is 1. The summed E-state index contributed by atoms with van der Waals surface area (Å²) in [7, 11) is 0. The molecule has 0 aliphatic carbocycles. The van der Waals surface area contributed by atoms with E-state index in [2.05, 4.69) is 27.4 Å². The Balaban J connectivity index is 1.48. The van der Waals surface area contributed by atoms with Crippen LogP contribution in [0.1, 0.15) is 17.7 Å². The van der Waals surface area contributed by atoms with Gasteiger partial charge in [0.05, 0.1) is 12.2 Å². The third kappa shape index (κ3) is 3.31. The van der Waals surface area contributed by atoms with Gasteiger partial charge in [-0.1, -0.05) is 6.07 Å². The van der Waals surface area contributed by atoms with Crippen molar-refractivity contribution < 1.29 is 9.13 Å². The number of ether oxygens (including phenoxy) is 1. The standard InChI is InChI=1S/C18H22FN3OS/c19-16-5-1-7-20-17(16)22-8-3-6-18(14-22)13-21(9-10-23-18)12-15-4-2-11-24-15/h1-2,4-5,7,11H,3,6,8-10,12-14H2/t18-/m1/s1. The summed E-state index contributed by atoms with van der Waals surface area (Å²) >= 11 is 1.80. The maximum Gasteiger partial charge on any atom is 0.165 e. The predicted octanol–water partition coefficient (Wildman–Crippen LogP) is 3.15. The van der Waals surface area contributed by atoms with E-state index in [1.54, 1.807) is 23.6 Å². The number of halogens is 1. The van der Waals surface area contributed by atoms with Gasteiger partial charge in [-0.2, -0.15) is 0 Å². The van der Waals surface area contributed by atoms with Crippen molar-refractivity contribution in [3.05, 3.63) is 46.5 Å². The Hall–Kier alpha value is -1.50. The summed E-state index contributed by atoms with van der Waals surface area (Å²) < 4.78 is 20.3. The predicted molar refractivity (Wildman–Crippen MR) is 93.9 cm³/mol. The molecular formula is C18H22FN3OS. The molecule has 0 aromatic carbocycles. The van der Waals surface area contributed by atoms with Crippen molar-refractivity contribution in [1.82, 2.24) is 9.88 Å². The molecule has 0 amide bonds. The minimum absolute atomic E-state index is 0.211. The number of hydrogen-bond acceptors (Lipinski definition) is 5. The van der Waals surface area contributed by atoms with Gasteiger partial charge in [0.25, 0.3) is 0 Å². The molecule has 1 atom stereocenters. The maximum atomic E-state index is 14.1. The van der Waals surface area contributed by atoms with Crippen LogP contribution in [0.2, 0.25) is 0 Å². The van der Waals surface area contributed by atoms with Gasteiger partial charge in [-0.25, -0.2) is 9.37 Å². The first-order valence-corrected chi connectivity index (χ1v) is 9.36. The van der Waals surface area contributed by atoms with Crippen molar-refractivity contribution in [2.24, 2.45) is 0 Å². The van der Waals surface area contributed by atoms with Gasteiger partial charge in [-0.3, -0.25) is 4.90 Å². The highest BCUT2D eigenvalue weighted by Crippen LogP contribution is 2.32. The van der Waals surface area contributed by atoms with Gasteiger partial charge in [-0.05, 0) is 36.4 Å². The van der Waals surface area contributed by atoms with Crippen molar-refractivity contribution >= 4 is 17.2 Å². The lowest BCUT2D eigenvalue weighted by Crippen LogP contribution is -2.59. The molecule has 4 heterocycles. The van der Waals surface area contributed by atoms with Gasteiger partial charge in [0.2, 0.25) is 0 Å². The second-order valence-corrected chi connectivity index (χ2v) is 7.69. The molecule has 0 N–H and O–H groups in total. The Bertz CT molecular complexity index is 677. The van der Waals surface area contributed by atoms with E-state index >= 15 is 0 Å². The molecule has 4 rings (SSSR count). The summed E-state index contributed by atoms with van der Waals surface area (Å²) in [6, 6.07) is 7.40. The first-order valence-electron chi connectivity index (χ1n) is 8.48. The molecule has 0 radical (unpaired) electrons. The number of morpholine rings is 1. The van der Waals surface area contributed by atoms with Crippen LogP contribution >= 0.6 is 11.3 Å². The molecule has 0 unspecified atom stereocenters. The third-order valence-corrected chi connectivity index (χ3v) is 5.73. The van der Waals surface area contributed by atoms with Crippen LogP contribution in [-0.2, 0) is 11.3 Å². The molecule has 0 bridgehead atoms. The smallest absolute Gasteiger partial charge is 0.165 e. The maximum absolute atomic E-state index is 14.1. The van der Waals surface area contributed by atoms with Gasteiger partial charge >= 0.3 is 0 Å². The van der Waals surface area contributed by atoms with Crippen LogP contribution in [0.4, 0.5) is 10.2 Å². The highest BCUT2D eigenvalue weighted by Gasteiger charge is 2.41. The van der Waals surface area contributed by atoms with Gasteiger partial charge in [0.15, 0.2) is 11.6 Å². The monoisotopic (exact) mass is 347 g/mol. The van der Waals surface area contributed by atoms with E-state index in [0.29, 0.717) is 12.4 Å².